The first kappa shape index (κ1) is 11.3. The van der Waals surface area contributed by atoms with Gasteiger partial charge in [0.2, 0.25) is 5.91 Å². The van der Waals surface area contributed by atoms with Crippen LogP contribution in [-0.2, 0) is 14.3 Å². The maximum atomic E-state index is 11.5. The number of carboxylic acids is 1. The molecule has 1 aliphatic heterocycles. The lowest BCUT2D eigenvalue weighted by Gasteiger charge is -2.20. The predicted octanol–water partition coefficient (Wildman–Crippen LogP) is -1.03. The largest absolute Gasteiger partial charge is 0.481 e. The van der Waals surface area contributed by atoms with E-state index in [2.05, 4.69) is 5.32 Å². The van der Waals surface area contributed by atoms with Crippen molar-refractivity contribution < 1.29 is 24.5 Å². The van der Waals surface area contributed by atoms with E-state index in [0.29, 0.717) is 19.4 Å². The number of carboxylic acid groups (broad SMARTS) is 1. The third-order valence-electron chi connectivity index (χ3n) is 3.12. The standard InChI is InChI=1S/C10H15NO5/c12-8(6-3-7(6)9(13)14)11-4-10(15)1-2-16-5-10/h6-7,15H,1-5H2,(H,11,12)(H,13,14). The lowest BCUT2D eigenvalue weighted by atomic mass is 10.0. The summed E-state index contributed by atoms with van der Waals surface area (Å²) in [5, 5.41) is 21.1. The summed E-state index contributed by atoms with van der Waals surface area (Å²) in [5.41, 5.74) is -0.983. The van der Waals surface area contributed by atoms with Crippen LogP contribution in [0.15, 0.2) is 0 Å². The summed E-state index contributed by atoms with van der Waals surface area (Å²) >= 11 is 0. The molecular weight excluding hydrogens is 214 g/mol. The molecule has 1 heterocycles. The molecule has 3 atom stereocenters. The van der Waals surface area contributed by atoms with Gasteiger partial charge in [0.1, 0.15) is 5.60 Å². The highest BCUT2D eigenvalue weighted by Gasteiger charge is 2.48. The van der Waals surface area contributed by atoms with Crippen molar-refractivity contribution in [1.29, 1.82) is 0 Å². The number of amides is 1. The fraction of sp³-hybridized carbons (Fsp3) is 0.800. The molecule has 3 N–H and O–H groups in total. The Hall–Kier alpha value is -1.14. The summed E-state index contributed by atoms with van der Waals surface area (Å²) in [4.78, 5) is 22.0. The van der Waals surface area contributed by atoms with E-state index in [-0.39, 0.29) is 19.1 Å². The van der Waals surface area contributed by atoms with Crippen molar-refractivity contribution in [3.05, 3.63) is 0 Å². The normalized spacial score (nSPS) is 37.1. The van der Waals surface area contributed by atoms with Gasteiger partial charge in [-0.15, -0.1) is 0 Å². The molecule has 90 valence electrons. The van der Waals surface area contributed by atoms with Crippen LogP contribution in [0.3, 0.4) is 0 Å². The van der Waals surface area contributed by atoms with Crippen molar-refractivity contribution in [2.45, 2.75) is 18.4 Å². The van der Waals surface area contributed by atoms with Gasteiger partial charge in [0.25, 0.3) is 0 Å². The minimum atomic E-state index is -0.983. The lowest BCUT2D eigenvalue weighted by Crippen LogP contribution is -2.44. The average molecular weight is 229 g/mol. The van der Waals surface area contributed by atoms with Gasteiger partial charge >= 0.3 is 5.97 Å². The van der Waals surface area contributed by atoms with E-state index in [1.54, 1.807) is 0 Å². The topological polar surface area (TPSA) is 95.9 Å². The van der Waals surface area contributed by atoms with E-state index >= 15 is 0 Å². The minimum Gasteiger partial charge on any atom is -0.481 e. The number of hydrogen-bond acceptors (Lipinski definition) is 4. The van der Waals surface area contributed by atoms with E-state index in [9.17, 15) is 14.7 Å². The molecule has 0 aromatic carbocycles. The molecule has 2 aliphatic rings. The number of aliphatic hydroxyl groups is 1. The summed E-state index contributed by atoms with van der Waals surface area (Å²) < 4.78 is 5.03. The van der Waals surface area contributed by atoms with Crippen LogP contribution in [0.25, 0.3) is 0 Å². The van der Waals surface area contributed by atoms with Gasteiger partial charge in [0, 0.05) is 19.6 Å². The molecule has 16 heavy (non-hydrogen) atoms. The summed E-state index contributed by atoms with van der Waals surface area (Å²) in [6.07, 6.45) is 0.899. The predicted molar refractivity (Wildman–Crippen MR) is 52.6 cm³/mol. The maximum Gasteiger partial charge on any atom is 0.307 e. The molecule has 0 spiro atoms. The molecular formula is C10H15NO5. The van der Waals surface area contributed by atoms with Gasteiger partial charge < -0.3 is 20.3 Å². The van der Waals surface area contributed by atoms with Crippen molar-refractivity contribution in [2.24, 2.45) is 11.8 Å². The second kappa shape index (κ2) is 4.03. The molecule has 6 heteroatoms. The Morgan fingerprint density at radius 1 is 1.44 bits per heavy atom. The highest BCUT2D eigenvalue weighted by atomic mass is 16.5. The molecule has 0 bridgehead atoms. The van der Waals surface area contributed by atoms with Gasteiger partial charge in [0.15, 0.2) is 0 Å². The van der Waals surface area contributed by atoms with E-state index in [1.165, 1.54) is 0 Å². The van der Waals surface area contributed by atoms with Crippen molar-refractivity contribution in [3.63, 3.8) is 0 Å². The van der Waals surface area contributed by atoms with Crippen LogP contribution >= 0.6 is 0 Å². The number of ether oxygens (including phenoxy) is 1. The second-order valence-electron chi connectivity index (χ2n) is 4.53. The van der Waals surface area contributed by atoms with Crippen molar-refractivity contribution in [3.8, 4) is 0 Å². The molecule has 0 radical (unpaired) electrons. The summed E-state index contributed by atoms with van der Waals surface area (Å²) in [7, 11) is 0. The molecule has 1 saturated carbocycles. The quantitative estimate of drug-likeness (QED) is 0.573. The van der Waals surface area contributed by atoms with Gasteiger partial charge in [-0.25, -0.2) is 0 Å². The van der Waals surface area contributed by atoms with E-state index in [4.69, 9.17) is 9.84 Å². The van der Waals surface area contributed by atoms with Gasteiger partial charge in [-0.05, 0) is 6.42 Å². The summed E-state index contributed by atoms with van der Waals surface area (Å²) in [5.74, 6) is -2.19. The Morgan fingerprint density at radius 2 is 2.19 bits per heavy atom. The van der Waals surface area contributed by atoms with Crippen LogP contribution < -0.4 is 5.32 Å². The Kier molecular flexibility index (Phi) is 2.86. The van der Waals surface area contributed by atoms with Crippen molar-refractivity contribution >= 4 is 11.9 Å². The van der Waals surface area contributed by atoms with Crippen molar-refractivity contribution in [2.75, 3.05) is 19.8 Å². The highest BCUT2D eigenvalue weighted by Crippen LogP contribution is 2.38. The Bertz CT molecular complexity index is 310. The minimum absolute atomic E-state index is 0.134. The molecule has 6 nitrogen and oxygen atoms in total. The number of aliphatic carboxylic acids is 1. The number of rotatable bonds is 4. The Labute approximate surface area is 92.6 Å². The van der Waals surface area contributed by atoms with E-state index < -0.39 is 23.4 Å². The first-order valence-electron chi connectivity index (χ1n) is 5.32. The molecule has 0 aromatic heterocycles. The zero-order chi connectivity index (χ0) is 11.8. The van der Waals surface area contributed by atoms with Gasteiger partial charge in [0.05, 0.1) is 18.4 Å². The monoisotopic (exact) mass is 229 g/mol. The van der Waals surface area contributed by atoms with Crippen LogP contribution in [0, 0.1) is 11.8 Å². The van der Waals surface area contributed by atoms with Gasteiger partial charge in [-0.3, -0.25) is 9.59 Å². The fourth-order valence-corrected chi connectivity index (χ4v) is 1.88. The Balaban J connectivity index is 1.75. The molecule has 1 amide bonds. The van der Waals surface area contributed by atoms with Crippen LogP contribution in [0.1, 0.15) is 12.8 Å². The molecule has 2 rings (SSSR count). The van der Waals surface area contributed by atoms with Crippen LogP contribution in [0.2, 0.25) is 0 Å². The number of carbonyl (C=O) groups is 2. The first-order valence-corrected chi connectivity index (χ1v) is 5.32. The van der Waals surface area contributed by atoms with Crippen LogP contribution in [-0.4, -0.2) is 47.4 Å². The summed E-state index contributed by atoms with van der Waals surface area (Å²) in [6.45, 7) is 0.850. The zero-order valence-corrected chi connectivity index (χ0v) is 8.81. The van der Waals surface area contributed by atoms with Crippen LogP contribution in [0.4, 0.5) is 0 Å². The molecule has 1 aliphatic carbocycles. The number of nitrogens with one attached hydrogen (secondary N) is 1. The van der Waals surface area contributed by atoms with Gasteiger partial charge in [-0.1, -0.05) is 0 Å². The van der Waals surface area contributed by atoms with Crippen molar-refractivity contribution in [1.82, 2.24) is 5.32 Å². The smallest absolute Gasteiger partial charge is 0.307 e. The highest BCUT2D eigenvalue weighted by molar-refractivity contribution is 5.89. The zero-order valence-electron chi connectivity index (χ0n) is 8.81. The summed E-state index contributed by atoms with van der Waals surface area (Å²) in [6, 6.07) is 0. The third kappa shape index (κ3) is 2.33. The third-order valence-corrected chi connectivity index (χ3v) is 3.12. The average Bonchev–Trinajstić information content (AvgIpc) is 2.93. The fourth-order valence-electron chi connectivity index (χ4n) is 1.88. The Morgan fingerprint density at radius 3 is 2.69 bits per heavy atom. The van der Waals surface area contributed by atoms with E-state index in [1.807, 2.05) is 0 Å². The lowest BCUT2D eigenvalue weighted by molar-refractivity contribution is -0.140. The molecule has 1 saturated heterocycles. The number of carbonyl (C=O) groups excluding carboxylic acids is 1. The first-order chi connectivity index (χ1) is 7.52. The molecule has 3 unspecified atom stereocenters. The second-order valence-corrected chi connectivity index (χ2v) is 4.53. The maximum absolute atomic E-state index is 11.5. The molecule has 0 aromatic rings. The van der Waals surface area contributed by atoms with Crippen LogP contribution in [0.5, 0.6) is 0 Å². The number of hydrogen-bond donors (Lipinski definition) is 3. The molecule has 2 fully saturated rings. The van der Waals surface area contributed by atoms with Gasteiger partial charge in [-0.2, -0.15) is 0 Å². The SMILES string of the molecule is O=C(O)C1CC1C(=O)NCC1(O)CCOC1. The van der Waals surface area contributed by atoms with E-state index in [0.717, 1.165) is 0 Å².